The number of benzene rings is 1. The standard InChI is InChI=1S/C25H20FN3O4S2/c1-14(15-6-4-3-5-7-15)33-24(32)28-21-16(13-27-29(21)2)8-9-17-12-18-19(26)20(35-22(18)34-17)25(10-11-25)23(30)31/h3-7,12-14H,10-11H2,1-2H3,(H,28,32)(H,30,31). The lowest BCUT2D eigenvalue weighted by molar-refractivity contribution is -0.140. The van der Waals surface area contributed by atoms with Crippen LogP contribution in [0.4, 0.5) is 15.0 Å². The summed E-state index contributed by atoms with van der Waals surface area (Å²) in [6, 6.07) is 11.0. The van der Waals surface area contributed by atoms with Gasteiger partial charge < -0.3 is 9.84 Å². The van der Waals surface area contributed by atoms with E-state index in [1.807, 2.05) is 30.3 Å². The van der Waals surface area contributed by atoms with Crippen molar-refractivity contribution in [3.63, 3.8) is 0 Å². The molecule has 0 aliphatic heterocycles. The van der Waals surface area contributed by atoms with Gasteiger partial charge in [0.15, 0.2) is 0 Å². The number of hydrogen-bond donors (Lipinski definition) is 2. The number of rotatable bonds is 5. The topological polar surface area (TPSA) is 93.4 Å². The number of ether oxygens (including phenoxy) is 1. The number of nitrogens with zero attached hydrogens (tertiary/aromatic N) is 2. The third-order valence-corrected chi connectivity index (χ3v) is 8.48. The maximum atomic E-state index is 15.0. The van der Waals surface area contributed by atoms with Gasteiger partial charge in [0, 0.05) is 12.4 Å². The van der Waals surface area contributed by atoms with Crippen LogP contribution in [-0.4, -0.2) is 26.9 Å². The van der Waals surface area contributed by atoms with Gasteiger partial charge >= 0.3 is 12.1 Å². The van der Waals surface area contributed by atoms with Gasteiger partial charge in [-0.05, 0) is 31.4 Å². The monoisotopic (exact) mass is 509 g/mol. The van der Waals surface area contributed by atoms with Gasteiger partial charge in [0.25, 0.3) is 0 Å². The number of aryl methyl sites for hydroxylation is 1. The third kappa shape index (κ3) is 4.29. The highest BCUT2D eigenvalue weighted by molar-refractivity contribution is 7.38. The fraction of sp³-hybridized carbons (Fsp3) is 0.240. The number of thiophene rings is 2. The highest BCUT2D eigenvalue weighted by atomic mass is 32.2. The largest absolute Gasteiger partial charge is 0.481 e. The Kier molecular flexibility index (Phi) is 5.83. The predicted molar refractivity (Wildman–Crippen MR) is 132 cm³/mol. The molecule has 1 unspecified atom stereocenters. The van der Waals surface area contributed by atoms with Crippen molar-refractivity contribution in [1.29, 1.82) is 0 Å². The van der Waals surface area contributed by atoms with Gasteiger partial charge in [0.2, 0.25) is 0 Å². The molecule has 1 saturated carbocycles. The first-order chi connectivity index (χ1) is 16.8. The lowest BCUT2D eigenvalue weighted by Gasteiger charge is -2.14. The first-order valence-electron chi connectivity index (χ1n) is 10.8. The third-order valence-electron chi connectivity index (χ3n) is 5.96. The SMILES string of the molecule is CC(OC(=O)Nc1c(C#Cc2cc3c(F)c(C4(C(=O)O)CC4)sc3s2)cnn1C)c1ccccc1. The van der Waals surface area contributed by atoms with Crippen molar-refractivity contribution in [3.8, 4) is 11.8 Å². The Morgan fingerprint density at radius 1 is 1.26 bits per heavy atom. The number of aromatic nitrogens is 2. The number of halogens is 1. The number of nitrogens with one attached hydrogen (secondary N) is 1. The molecule has 3 heterocycles. The van der Waals surface area contributed by atoms with Gasteiger partial charge in [-0.1, -0.05) is 42.2 Å². The Morgan fingerprint density at radius 3 is 2.66 bits per heavy atom. The van der Waals surface area contributed by atoms with Gasteiger partial charge in [0.1, 0.15) is 23.2 Å². The number of aliphatic carboxylic acids is 1. The van der Waals surface area contributed by atoms with Gasteiger partial charge in [0.05, 0.1) is 25.5 Å². The van der Waals surface area contributed by atoms with E-state index in [4.69, 9.17) is 4.74 Å². The van der Waals surface area contributed by atoms with Crippen LogP contribution in [0.25, 0.3) is 9.40 Å². The molecule has 0 spiro atoms. The second-order valence-corrected chi connectivity index (χ2v) is 10.6. The Balaban J connectivity index is 1.33. The molecular weight excluding hydrogens is 489 g/mol. The zero-order chi connectivity index (χ0) is 24.7. The van der Waals surface area contributed by atoms with Gasteiger partial charge in [-0.3, -0.25) is 14.8 Å². The van der Waals surface area contributed by atoms with Crippen LogP contribution in [0.1, 0.15) is 46.8 Å². The van der Waals surface area contributed by atoms with Gasteiger partial charge in [-0.2, -0.15) is 5.10 Å². The van der Waals surface area contributed by atoms with E-state index in [0.717, 1.165) is 5.56 Å². The molecule has 7 nitrogen and oxygen atoms in total. The highest BCUT2D eigenvalue weighted by Crippen LogP contribution is 2.54. The van der Waals surface area contributed by atoms with E-state index >= 15 is 0 Å². The van der Waals surface area contributed by atoms with Crippen LogP contribution in [0, 0.1) is 17.7 Å². The van der Waals surface area contributed by atoms with Crippen LogP contribution in [-0.2, 0) is 22.0 Å². The summed E-state index contributed by atoms with van der Waals surface area (Å²) in [4.78, 5) is 25.0. The van der Waals surface area contributed by atoms with E-state index in [9.17, 15) is 19.1 Å². The van der Waals surface area contributed by atoms with Crippen LogP contribution in [0.5, 0.6) is 0 Å². The number of carbonyl (C=O) groups is 2. The normalized spacial score (nSPS) is 14.7. The molecule has 0 radical (unpaired) electrons. The van der Waals surface area contributed by atoms with Crippen molar-refractivity contribution in [2.24, 2.45) is 7.05 Å². The number of carbonyl (C=O) groups excluding carboxylic acids is 1. The van der Waals surface area contributed by atoms with Gasteiger partial charge in [-0.15, -0.1) is 22.7 Å². The van der Waals surface area contributed by atoms with Crippen molar-refractivity contribution in [1.82, 2.24) is 9.78 Å². The van der Waals surface area contributed by atoms with Crippen LogP contribution in [0.15, 0.2) is 42.6 Å². The predicted octanol–water partition coefficient (Wildman–Crippen LogP) is 5.66. The molecule has 178 valence electrons. The van der Waals surface area contributed by atoms with Crippen LogP contribution in [0.3, 0.4) is 0 Å². The van der Waals surface area contributed by atoms with Crippen molar-refractivity contribution in [2.75, 3.05) is 5.32 Å². The lowest BCUT2D eigenvalue weighted by atomic mass is 10.0. The second-order valence-electron chi connectivity index (χ2n) is 8.31. The molecule has 1 aliphatic rings. The van der Waals surface area contributed by atoms with Crippen molar-refractivity contribution >= 4 is 50.0 Å². The van der Waals surface area contributed by atoms with E-state index in [0.29, 0.717) is 43.4 Å². The van der Waals surface area contributed by atoms with E-state index in [2.05, 4.69) is 22.3 Å². The number of fused-ring (bicyclic) bond motifs is 1. The summed E-state index contributed by atoms with van der Waals surface area (Å²) in [5, 5.41) is 16.7. The summed E-state index contributed by atoms with van der Waals surface area (Å²) >= 11 is 2.50. The summed E-state index contributed by atoms with van der Waals surface area (Å²) in [6.45, 7) is 1.79. The zero-order valence-corrected chi connectivity index (χ0v) is 20.4. The molecular formula is C25H20FN3O4S2. The minimum Gasteiger partial charge on any atom is -0.481 e. The minimum absolute atomic E-state index is 0.299. The maximum absolute atomic E-state index is 15.0. The summed E-state index contributed by atoms with van der Waals surface area (Å²) in [5.41, 5.74) is 0.289. The molecule has 1 aliphatic carbocycles. The summed E-state index contributed by atoms with van der Waals surface area (Å²) in [5.74, 6) is 4.93. The highest BCUT2D eigenvalue weighted by Gasteiger charge is 2.54. The smallest absolute Gasteiger partial charge is 0.413 e. The van der Waals surface area contributed by atoms with Crippen molar-refractivity contribution in [2.45, 2.75) is 31.3 Å². The number of amides is 1. The van der Waals surface area contributed by atoms with E-state index in [1.54, 1.807) is 20.0 Å². The maximum Gasteiger partial charge on any atom is 0.413 e. The Morgan fingerprint density at radius 2 is 2.00 bits per heavy atom. The molecule has 1 atom stereocenters. The Labute approximate surface area is 208 Å². The molecule has 5 rings (SSSR count). The van der Waals surface area contributed by atoms with Gasteiger partial charge in [-0.25, -0.2) is 9.18 Å². The second kappa shape index (κ2) is 8.83. The van der Waals surface area contributed by atoms with E-state index in [-0.39, 0.29) is 0 Å². The molecule has 1 fully saturated rings. The fourth-order valence-corrected chi connectivity index (χ4v) is 6.33. The van der Waals surface area contributed by atoms with E-state index < -0.39 is 29.4 Å². The molecule has 1 amide bonds. The minimum atomic E-state index is -1.07. The molecule has 3 aromatic heterocycles. The number of carboxylic acid groups (broad SMARTS) is 1. The lowest BCUT2D eigenvalue weighted by Crippen LogP contribution is -2.19. The number of anilines is 1. The zero-order valence-electron chi connectivity index (χ0n) is 18.8. The molecule has 2 N–H and O–H groups in total. The molecule has 10 heteroatoms. The first kappa shape index (κ1) is 23.1. The molecule has 0 saturated heterocycles. The van der Waals surface area contributed by atoms with Crippen LogP contribution >= 0.6 is 22.7 Å². The summed E-state index contributed by atoms with van der Waals surface area (Å²) < 4.78 is 22.6. The quantitative estimate of drug-likeness (QED) is 0.339. The summed E-state index contributed by atoms with van der Waals surface area (Å²) in [7, 11) is 1.68. The summed E-state index contributed by atoms with van der Waals surface area (Å²) in [6.07, 6.45) is 1.38. The van der Waals surface area contributed by atoms with Crippen LogP contribution < -0.4 is 5.32 Å². The van der Waals surface area contributed by atoms with E-state index in [1.165, 1.54) is 33.6 Å². The molecule has 0 bridgehead atoms. The first-order valence-corrected chi connectivity index (χ1v) is 12.4. The number of carboxylic acids is 1. The van der Waals surface area contributed by atoms with Crippen molar-refractivity contribution < 1.29 is 23.8 Å². The number of hydrogen-bond acceptors (Lipinski definition) is 6. The Bertz CT molecular complexity index is 1510. The van der Waals surface area contributed by atoms with Crippen molar-refractivity contribution in [3.05, 3.63) is 69.3 Å². The van der Waals surface area contributed by atoms with Crippen LogP contribution in [0.2, 0.25) is 0 Å². The molecule has 4 aromatic rings. The molecule has 35 heavy (non-hydrogen) atoms. The fourth-order valence-electron chi connectivity index (χ4n) is 3.78. The average Bonchev–Trinajstić information content (AvgIpc) is 3.32. The average molecular weight is 510 g/mol. The Hall–Kier alpha value is -3.68. The molecule has 1 aromatic carbocycles.